The van der Waals surface area contributed by atoms with Crippen LogP contribution in [0.15, 0.2) is 36.7 Å². The van der Waals surface area contributed by atoms with Gasteiger partial charge in [-0.05, 0) is 19.1 Å². The Kier molecular flexibility index (Phi) is 1.42. The van der Waals surface area contributed by atoms with Crippen molar-refractivity contribution < 1.29 is 0 Å². The summed E-state index contributed by atoms with van der Waals surface area (Å²) < 4.78 is 4.26. The Bertz CT molecular complexity index is 589. The van der Waals surface area contributed by atoms with Gasteiger partial charge in [-0.25, -0.2) is 4.98 Å². The molecule has 0 unspecified atom stereocenters. The molecule has 14 heavy (non-hydrogen) atoms. The molecule has 0 bridgehead atoms. The summed E-state index contributed by atoms with van der Waals surface area (Å²) >= 11 is 0. The van der Waals surface area contributed by atoms with E-state index in [4.69, 9.17) is 0 Å². The Morgan fingerprint density at radius 3 is 2.93 bits per heavy atom. The predicted molar refractivity (Wildman–Crippen MR) is 56.4 cm³/mol. The van der Waals surface area contributed by atoms with Crippen molar-refractivity contribution in [2.45, 2.75) is 13.5 Å². The number of benzene rings is 1. The van der Waals surface area contributed by atoms with Crippen LogP contribution in [0.1, 0.15) is 6.92 Å². The topological polar surface area (TPSA) is 22.2 Å². The Morgan fingerprint density at radius 1 is 1.21 bits per heavy atom. The van der Waals surface area contributed by atoms with Gasteiger partial charge in [0.05, 0.1) is 11.0 Å². The third-order valence-corrected chi connectivity index (χ3v) is 2.57. The van der Waals surface area contributed by atoms with Gasteiger partial charge in [0.1, 0.15) is 0 Å². The lowest BCUT2D eigenvalue weighted by Crippen LogP contribution is -1.92. The van der Waals surface area contributed by atoms with Crippen LogP contribution in [0, 0.1) is 0 Å². The summed E-state index contributed by atoms with van der Waals surface area (Å²) in [6.07, 6.45) is 4.13. The summed E-state index contributed by atoms with van der Waals surface area (Å²) in [5.74, 6) is 1.02. The molecule has 3 nitrogen and oxygen atoms in total. The van der Waals surface area contributed by atoms with E-state index >= 15 is 0 Å². The molecule has 0 aliphatic rings. The van der Waals surface area contributed by atoms with E-state index in [-0.39, 0.29) is 0 Å². The fourth-order valence-corrected chi connectivity index (χ4v) is 1.84. The molecule has 0 spiro atoms. The molecule has 3 aromatic rings. The second-order valence-corrected chi connectivity index (χ2v) is 3.35. The largest absolute Gasteiger partial charge is 0.317 e. The number of aromatic nitrogens is 3. The molecule has 0 aliphatic carbocycles. The molecule has 70 valence electrons. The fraction of sp³-hybridized carbons (Fsp3) is 0.182. The first-order chi connectivity index (χ1) is 6.90. The quantitative estimate of drug-likeness (QED) is 0.570. The second kappa shape index (κ2) is 2.61. The van der Waals surface area contributed by atoms with Crippen molar-refractivity contribution in [2.75, 3.05) is 0 Å². The van der Waals surface area contributed by atoms with Gasteiger partial charge >= 0.3 is 0 Å². The van der Waals surface area contributed by atoms with Gasteiger partial charge in [0.2, 0.25) is 5.78 Å². The fourth-order valence-electron chi connectivity index (χ4n) is 1.84. The van der Waals surface area contributed by atoms with Gasteiger partial charge in [-0.1, -0.05) is 12.1 Å². The summed E-state index contributed by atoms with van der Waals surface area (Å²) in [5.41, 5.74) is 2.24. The van der Waals surface area contributed by atoms with E-state index in [1.165, 1.54) is 5.52 Å². The molecule has 0 atom stereocenters. The Morgan fingerprint density at radius 2 is 2.07 bits per heavy atom. The number of fused-ring (bicyclic) bond motifs is 3. The first-order valence-electron chi connectivity index (χ1n) is 4.82. The van der Waals surface area contributed by atoms with Crippen LogP contribution in [0.3, 0.4) is 0 Å². The summed E-state index contributed by atoms with van der Waals surface area (Å²) in [6.45, 7) is 3.08. The smallest absolute Gasteiger partial charge is 0.214 e. The van der Waals surface area contributed by atoms with Crippen LogP contribution in [-0.2, 0) is 6.54 Å². The highest BCUT2D eigenvalue weighted by Gasteiger charge is 2.05. The summed E-state index contributed by atoms with van der Waals surface area (Å²) in [4.78, 5) is 4.57. The molecule has 0 saturated heterocycles. The number of rotatable bonds is 1. The Balaban J connectivity index is 2.51. The monoisotopic (exact) mass is 185 g/mol. The van der Waals surface area contributed by atoms with Crippen LogP contribution < -0.4 is 0 Å². The zero-order chi connectivity index (χ0) is 9.54. The number of imidazole rings is 2. The van der Waals surface area contributed by atoms with Gasteiger partial charge in [-0.15, -0.1) is 0 Å². The third-order valence-electron chi connectivity index (χ3n) is 2.57. The van der Waals surface area contributed by atoms with Crippen LogP contribution in [0.4, 0.5) is 0 Å². The average molecular weight is 185 g/mol. The maximum atomic E-state index is 4.57. The zero-order valence-electron chi connectivity index (χ0n) is 8.01. The van der Waals surface area contributed by atoms with E-state index in [9.17, 15) is 0 Å². The lowest BCUT2D eigenvalue weighted by Gasteiger charge is -1.92. The molecule has 2 heterocycles. The standard InChI is InChI=1S/C11H11N3/c1-2-13-7-8-14-10-6-4-3-5-9(10)12-11(13)14/h3-8H,2H2,1H3. The van der Waals surface area contributed by atoms with Crippen LogP contribution in [0.2, 0.25) is 0 Å². The van der Waals surface area contributed by atoms with E-state index in [2.05, 4.69) is 39.3 Å². The van der Waals surface area contributed by atoms with E-state index in [0.717, 1.165) is 17.8 Å². The van der Waals surface area contributed by atoms with Gasteiger partial charge < -0.3 is 4.57 Å². The maximum Gasteiger partial charge on any atom is 0.214 e. The number of hydrogen-bond donors (Lipinski definition) is 0. The molecule has 3 rings (SSSR count). The number of aryl methyl sites for hydroxylation is 1. The van der Waals surface area contributed by atoms with Crippen LogP contribution in [0.25, 0.3) is 16.8 Å². The van der Waals surface area contributed by atoms with Crippen molar-refractivity contribution in [1.82, 2.24) is 14.0 Å². The molecule has 1 aromatic carbocycles. The molecular weight excluding hydrogens is 174 g/mol. The van der Waals surface area contributed by atoms with Gasteiger partial charge in [0, 0.05) is 18.9 Å². The molecule has 0 radical (unpaired) electrons. The van der Waals surface area contributed by atoms with Crippen LogP contribution >= 0.6 is 0 Å². The lowest BCUT2D eigenvalue weighted by molar-refractivity contribution is 0.783. The van der Waals surface area contributed by atoms with E-state index in [1.54, 1.807) is 0 Å². The number of nitrogens with zero attached hydrogens (tertiary/aromatic N) is 3. The molecule has 0 aliphatic heterocycles. The van der Waals surface area contributed by atoms with E-state index < -0.39 is 0 Å². The normalized spacial score (nSPS) is 11.5. The minimum atomic E-state index is 0.958. The van der Waals surface area contributed by atoms with Crippen molar-refractivity contribution in [3.63, 3.8) is 0 Å². The van der Waals surface area contributed by atoms with Gasteiger partial charge in [-0.3, -0.25) is 4.40 Å². The van der Waals surface area contributed by atoms with Crippen LogP contribution in [-0.4, -0.2) is 14.0 Å². The Labute approximate surface area is 81.6 Å². The first kappa shape index (κ1) is 7.62. The molecule has 3 heteroatoms. The van der Waals surface area contributed by atoms with E-state index in [1.807, 2.05) is 18.2 Å². The minimum Gasteiger partial charge on any atom is -0.317 e. The highest BCUT2D eigenvalue weighted by Crippen LogP contribution is 2.16. The molecule has 0 saturated carbocycles. The van der Waals surface area contributed by atoms with Gasteiger partial charge in [-0.2, -0.15) is 0 Å². The third kappa shape index (κ3) is 0.839. The van der Waals surface area contributed by atoms with Crippen molar-refractivity contribution in [2.24, 2.45) is 0 Å². The van der Waals surface area contributed by atoms with Crippen molar-refractivity contribution in [3.8, 4) is 0 Å². The molecule has 0 fully saturated rings. The Hall–Kier alpha value is -1.77. The number of hydrogen-bond acceptors (Lipinski definition) is 1. The maximum absolute atomic E-state index is 4.57. The highest BCUT2D eigenvalue weighted by molar-refractivity contribution is 5.79. The summed E-state index contributed by atoms with van der Waals surface area (Å²) in [7, 11) is 0. The predicted octanol–water partition coefficient (Wildman–Crippen LogP) is 2.31. The van der Waals surface area contributed by atoms with Gasteiger partial charge in [0.25, 0.3) is 0 Å². The van der Waals surface area contributed by atoms with Gasteiger partial charge in [0.15, 0.2) is 0 Å². The molecule has 2 aromatic heterocycles. The zero-order valence-corrected chi connectivity index (χ0v) is 8.01. The second-order valence-electron chi connectivity index (χ2n) is 3.35. The van der Waals surface area contributed by atoms with Crippen LogP contribution in [0.5, 0.6) is 0 Å². The van der Waals surface area contributed by atoms with Crippen molar-refractivity contribution in [3.05, 3.63) is 36.7 Å². The number of para-hydroxylation sites is 2. The summed E-state index contributed by atoms with van der Waals surface area (Å²) in [6, 6.07) is 8.20. The molecular formula is C11H11N3. The van der Waals surface area contributed by atoms with Crippen molar-refractivity contribution in [1.29, 1.82) is 0 Å². The minimum absolute atomic E-state index is 0.958. The average Bonchev–Trinajstić information content (AvgIpc) is 2.75. The van der Waals surface area contributed by atoms with E-state index in [0.29, 0.717) is 0 Å². The first-order valence-corrected chi connectivity index (χ1v) is 4.82. The highest BCUT2D eigenvalue weighted by atomic mass is 15.2. The molecule has 0 N–H and O–H groups in total. The SMILES string of the molecule is CCn1ccn2c3ccccc3nc12. The molecule has 0 amide bonds. The lowest BCUT2D eigenvalue weighted by atomic mass is 10.3. The van der Waals surface area contributed by atoms with Crippen molar-refractivity contribution >= 4 is 16.8 Å². The summed E-state index contributed by atoms with van der Waals surface area (Å²) in [5, 5.41) is 0.